The van der Waals surface area contributed by atoms with Gasteiger partial charge in [-0.25, -0.2) is 4.68 Å². The fourth-order valence-electron chi connectivity index (χ4n) is 3.56. The van der Waals surface area contributed by atoms with Gasteiger partial charge in [-0.1, -0.05) is 42.5 Å². The highest BCUT2D eigenvalue weighted by atomic mass is 16.5. The Kier molecular flexibility index (Phi) is 6.16. The van der Waals surface area contributed by atoms with E-state index in [1.165, 1.54) is 0 Å². The summed E-state index contributed by atoms with van der Waals surface area (Å²) >= 11 is 0. The minimum Gasteiger partial charge on any atom is -0.497 e. The molecule has 0 N–H and O–H groups in total. The average Bonchev–Trinajstić information content (AvgIpc) is 3.33. The van der Waals surface area contributed by atoms with Gasteiger partial charge < -0.3 is 9.47 Å². The van der Waals surface area contributed by atoms with Crippen LogP contribution in [0.2, 0.25) is 0 Å². The summed E-state index contributed by atoms with van der Waals surface area (Å²) in [6.07, 6.45) is 3.83. The van der Waals surface area contributed by atoms with Crippen molar-refractivity contribution in [2.75, 3.05) is 7.11 Å². The first-order valence-corrected chi connectivity index (χ1v) is 10.9. The minimum absolute atomic E-state index is 0.733. The molecule has 0 bridgehead atoms. The summed E-state index contributed by atoms with van der Waals surface area (Å²) < 4.78 is 13.1. The van der Waals surface area contributed by atoms with Crippen molar-refractivity contribution in [3.05, 3.63) is 121 Å². The van der Waals surface area contributed by atoms with Gasteiger partial charge in [-0.05, 0) is 60.7 Å². The van der Waals surface area contributed by atoms with Crippen molar-refractivity contribution in [2.24, 2.45) is 4.99 Å². The van der Waals surface area contributed by atoms with E-state index in [4.69, 9.17) is 19.6 Å². The van der Waals surface area contributed by atoms with E-state index in [1.807, 2.05) is 126 Å². The Morgan fingerprint density at radius 1 is 0.735 bits per heavy atom. The van der Waals surface area contributed by atoms with Crippen LogP contribution in [-0.2, 0) is 0 Å². The third-order valence-corrected chi connectivity index (χ3v) is 5.28. The molecule has 5 rings (SSSR count). The predicted molar refractivity (Wildman–Crippen MR) is 136 cm³/mol. The molecular formula is C29H23N3O2. The van der Waals surface area contributed by atoms with Crippen molar-refractivity contribution in [2.45, 2.75) is 0 Å². The molecule has 4 aromatic carbocycles. The lowest BCUT2D eigenvalue weighted by atomic mass is 10.1. The Bertz CT molecular complexity index is 1390. The molecule has 5 heteroatoms. The van der Waals surface area contributed by atoms with Gasteiger partial charge in [0.05, 0.1) is 18.5 Å². The lowest BCUT2D eigenvalue weighted by molar-refractivity contribution is 0.415. The molecule has 0 radical (unpaired) electrons. The van der Waals surface area contributed by atoms with Crippen LogP contribution < -0.4 is 9.47 Å². The van der Waals surface area contributed by atoms with Gasteiger partial charge in [-0.2, -0.15) is 5.10 Å². The number of rotatable bonds is 7. The quantitative estimate of drug-likeness (QED) is 0.251. The number of hydrogen-bond acceptors (Lipinski definition) is 4. The van der Waals surface area contributed by atoms with Gasteiger partial charge in [0.25, 0.3) is 0 Å². The molecule has 5 nitrogen and oxygen atoms in total. The number of aliphatic imine (C=N–C) groups is 1. The molecule has 0 atom stereocenters. The monoisotopic (exact) mass is 445 g/mol. The summed E-state index contributed by atoms with van der Waals surface area (Å²) in [6, 6.07) is 35.3. The Morgan fingerprint density at radius 2 is 1.44 bits per heavy atom. The highest BCUT2D eigenvalue weighted by Gasteiger charge is 2.11. The summed E-state index contributed by atoms with van der Waals surface area (Å²) in [7, 11) is 1.66. The van der Waals surface area contributed by atoms with Gasteiger partial charge in [-0.15, -0.1) is 0 Å². The molecule has 0 fully saturated rings. The topological polar surface area (TPSA) is 48.6 Å². The molecule has 1 heterocycles. The van der Waals surface area contributed by atoms with Crippen LogP contribution in [0.5, 0.6) is 17.2 Å². The fourth-order valence-corrected chi connectivity index (χ4v) is 3.56. The molecule has 0 saturated heterocycles. The molecule has 0 saturated carbocycles. The molecule has 0 aliphatic rings. The average molecular weight is 446 g/mol. The first kappa shape index (κ1) is 21.2. The predicted octanol–water partition coefficient (Wildman–Crippen LogP) is 7.09. The lowest BCUT2D eigenvalue weighted by Crippen LogP contribution is -1.94. The molecule has 0 spiro atoms. The first-order chi connectivity index (χ1) is 16.8. The van der Waals surface area contributed by atoms with Gasteiger partial charge in [-0.3, -0.25) is 4.99 Å². The van der Waals surface area contributed by atoms with Crippen molar-refractivity contribution in [1.82, 2.24) is 9.78 Å². The summed E-state index contributed by atoms with van der Waals surface area (Å²) in [6.45, 7) is 0. The zero-order valence-corrected chi connectivity index (χ0v) is 18.7. The number of aromatic nitrogens is 2. The van der Waals surface area contributed by atoms with Crippen molar-refractivity contribution in [3.8, 4) is 34.2 Å². The summed E-state index contributed by atoms with van der Waals surface area (Å²) in [5.41, 5.74) is 4.50. The van der Waals surface area contributed by atoms with Crippen LogP contribution in [0.15, 0.2) is 120 Å². The van der Waals surface area contributed by atoms with Crippen LogP contribution in [-0.4, -0.2) is 23.1 Å². The van der Waals surface area contributed by atoms with E-state index in [0.717, 1.165) is 45.4 Å². The number of ether oxygens (including phenoxy) is 2. The molecular weight excluding hydrogens is 422 g/mol. The molecule has 0 amide bonds. The molecule has 0 unspecified atom stereocenters. The van der Waals surface area contributed by atoms with Gasteiger partial charge >= 0.3 is 0 Å². The second-order valence-electron chi connectivity index (χ2n) is 7.61. The second kappa shape index (κ2) is 9.88. The third-order valence-electron chi connectivity index (χ3n) is 5.28. The van der Waals surface area contributed by atoms with E-state index in [9.17, 15) is 0 Å². The van der Waals surface area contributed by atoms with Crippen LogP contribution in [0.1, 0.15) is 5.56 Å². The second-order valence-corrected chi connectivity index (χ2v) is 7.61. The zero-order chi connectivity index (χ0) is 23.2. The maximum atomic E-state index is 5.95. The number of nitrogens with zero attached hydrogens (tertiary/aromatic N) is 3. The molecule has 0 aliphatic heterocycles. The van der Waals surface area contributed by atoms with E-state index >= 15 is 0 Å². The van der Waals surface area contributed by atoms with E-state index in [1.54, 1.807) is 7.11 Å². The highest BCUT2D eigenvalue weighted by molar-refractivity contribution is 5.90. The minimum atomic E-state index is 0.733. The van der Waals surface area contributed by atoms with Crippen molar-refractivity contribution < 1.29 is 9.47 Å². The SMILES string of the molecule is COc1ccc(-c2nn(-c3ccccc3)cc2C=Nc2cccc(Oc3ccccc3)c2)cc1. The maximum absolute atomic E-state index is 5.95. The van der Waals surface area contributed by atoms with Gasteiger partial charge in [0.15, 0.2) is 0 Å². The number of methoxy groups -OCH3 is 1. The molecule has 1 aromatic heterocycles. The summed E-state index contributed by atoms with van der Waals surface area (Å²) in [4.78, 5) is 4.72. The van der Waals surface area contributed by atoms with Crippen LogP contribution in [0.4, 0.5) is 5.69 Å². The smallest absolute Gasteiger partial charge is 0.129 e. The highest BCUT2D eigenvalue weighted by Crippen LogP contribution is 2.27. The third kappa shape index (κ3) is 4.89. The van der Waals surface area contributed by atoms with Crippen LogP contribution in [0.25, 0.3) is 16.9 Å². The fraction of sp³-hybridized carbons (Fsp3) is 0.0345. The largest absolute Gasteiger partial charge is 0.497 e. The van der Waals surface area contributed by atoms with Crippen LogP contribution in [0, 0.1) is 0 Å². The molecule has 5 aromatic rings. The van der Waals surface area contributed by atoms with Crippen molar-refractivity contribution >= 4 is 11.9 Å². The van der Waals surface area contributed by atoms with E-state index < -0.39 is 0 Å². The Labute approximate surface area is 198 Å². The van der Waals surface area contributed by atoms with E-state index in [2.05, 4.69) is 0 Å². The van der Waals surface area contributed by atoms with Gasteiger partial charge in [0, 0.05) is 29.6 Å². The summed E-state index contributed by atoms with van der Waals surface area (Å²) in [5.74, 6) is 2.32. The molecule has 34 heavy (non-hydrogen) atoms. The van der Waals surface area contributed by atoms with Crippen LogP contribution >= 0.6 is 0 Å². The van der Waals surface area contributed by atoms with E-state index in [0.29, 0.717) is 0 Å². The maximum Gasteiger partial charge on any atom is 0.129 e. The van der Waals surface area contributed by atoms with Gasteiger partial charge in [0.2, 0.25) is 0 Å². The molecule has 0 aliphatic carbocycles. The van der Waals surface area contributed by atoms with Crippen LogP contribution in [0.3, 0.4) is 0 Å². The number of benzene rings is 4. The van der Waals surface area contributed by atoms with Crippen molar-refractivity contribution in [3.63, 3.8) is 0 Å². The van der Waals surface area contributed by atoms with Crippen molar-refractivity contribution in [1.29, 1.82) is 0 Å². The number of hydrogen-bond donors (Lipinski definition) is 0. The molecule has 166 valence electrons. The lowest BCUT2D eigenvalue weighted by Gasteiger charge is -2.05. The summed E-state index contributed by atoms with van der Waals surface area (Å²) in [5, 5.41) is 4.85. The Balaban J connectivity index is 1.47. The Morgan fingerprint density at radius 3 is 2.18 bits per heavy atom. The van der Waals surface area contributed by atoms with E-state index in [-0.39, 0.29) is 0 Å². The Hall–Kier alpha value is -4.64. The standard InChI is InChI=1S/C29H23N3O2/c1-33-26-17-15-22(16-18-26)29-23(21-32(31-29)25-10-4-2-5-11-25)20-30-24-9-8-14-28(19-24)34-27-12-6-3-7-13-27/h2-21H,1H3. The first-order valence-electron chi connectivity index (χ1n) is 10.9. The normalized spacial score (nSPS) is 11.0. The number of para-hydroxylation sites is 2. The zero-order valence-electron chi connectivity index (χ0n) is 18.7. The van der Waals surface area contributed by atoms with Gasteiger partial charge in [0.1, 0.15) is 22.9 Å².